The van der Waals surface area contributed by atoms with E-state index in [-0.39, 0.29) is 16.9 Å². The predicted molar refractivity (Wildman–Crippen MR) is 83.6 cm³/mol. The van der Waals surface area contributed by atoms with Crippen LogP contribution >= 0.6 is 0 Å². The largest absolute Gasteiger partial charge is 0.361 e. The molecule has 5 nitrogen and oxygen atoms in total. The van der Waals surface area contributed by atoms with Gasteiger partial charge in [-0.15, -0.1) is 0 Å². The van der Waals surface area contributed by atoms with Crippen LogP contribution in [0.15, 0.2) is 41.7 Å². The summed E-state index contributed by atoms with van der Waals surface area (Å²) in [6.45, 7) is 8.01. The van der Waals surface area contributed by atoms with Gasteiger partial charge in [-0.25, -0.2) is 5.06 Å². The van der Waals surface area contributed by atoms with E-state index in [1.807, 2.05) is 39.8 Å². The number of hydrogen-bond acceptors (Lipinski definition) is 5. The molecule has 1 N–H and O–H groups in total. The van der Waals surface area contributed by atoms with Crippen LogP contribution in [0.1, 0.15) is 38.1 Å². The number of rotatable bonds is 3. The number of ketones is 1. The van der Waals surface area contributed by atoms with E-state index in [4.69, 9.17) is 4.84 Å². The molecule has 1 aliphatic rings. The summed E-state index contributed by atoms with van der Waals surface area (Å²) in [4.78, 5) is 18.1. The van der Waals surface area contributed by atoms with Crippen LogP contribution in [-0.2, 0) is 4.84 Å². The van der Waals surface area contributed by atoms with Crippen LogP contribution in [0.25, 0.3) is 0 Å². The lowest BCUT2D eigenvalue weighted by molar-refractivity contribution is -0.157. The highest BCUT2D eigenvalue weighted by Gasteiger charge is 2.52. The highest BCUT2D eigenvalue weighted by atomic mass is 16.7. The van der Waals surface area contributed by atoms with E-state index in [2.05, 4.69) is 5.32 Å². The van der Waals surface area contributed by atoms with E-state index < -0.39 is 5.54 Å². The number of carbonyl (C=O) groups is 1. The third-order valence-electron chi connectivity index (χ3n) is 4.47. The molecule has 1 heterocycles. The molecule has 0 aliphatic carbocycles. The number of Topliss-reactive ketones (excluding diaryl/α,β-unsaturated/α-hetero) is 1. The van der Waals surface area contributed by atoms with E-state index >= 15 is 0 Å². The lowest BCUT2D eigenvalue weighted by atomic mass is 9.84. The molecule has 0 bridgehead atoms. The van der Waals surface area contributed by atoms with Crippen molar-refractivity contribution in [3.63, 3.8) is 0 Å². The van der Waals surface area contributed by atoms with Gasteiger partial charge >= 0.3 is 0 Å². The van der Waals surface area contributed by atoms with Crippen molar-refractivity contribution in [2.24, 2.45) is 0 Å². The Balaban J connectivity index is 2.56. The van der Waals surface area contributed by atoms with Crippen molar-refractivity contribution in [1.82, 2.24) is 10.4 Å². The van der Waals surface area contributed by atoms with Gasteiger partial charge in [0.05, 0.1) is 18.2 Å². The fraction of sp³-hybridized carbons (Fsp3) is 0.412. The summed E-state index contributed by atoms with van der Waals surface area (Å²) < 4.78 is 0. The molecule has 1 fully saturated rings. The lowest BCUT2D eigenvalue weighted by Gasteiger charge is -2.38. The van der Waals surface area contributed by atoms with Gasteiger partial charge in [-0.2, -0.15) is 5.26 Å². The zero-order chi connectivity index (χ0) is 16.5. The molecule has 0 aromatic heterocycles. The van der Waals surface area contributed by atoms with E-state index in [9.17, 15) is 10.1 Å². The summed E-state index contributed by atoms with van der Waals surface area (Å²) in [5.74, 6) is 0.0926. The molecule has 5 heteroatoms. The quantitative estimate of drug-likeness (QED) is 0.528. The monoisotopic (exact) mass is 299 g/mol. The third-order valence-corrected chi connectivity index (χ3v) is 4.47. The van der Waals surface area contributed by atoms with Gasteiger partial charge in [-0.05, 0) is 27.7 Å². The second kappa shape index (κ2) is 5.47. The maximum Gasteiger partial charge on any atom is 0.207 e. The lowest BCUT2D eigenvalue weighted by Crippen LogP contribution is -2.52. The molecular weight excluding hydrogens is 278 g/mol. The molecule has 1 saturated heterocycles. The maximum absolute atomic E-state index is 12.6. The highest BCUT2D eigenvalue weighted by Crippen LogP contribution is 2.39. The molecule has 0 unspecified atom stereocenters. The van der Waals surface area contributed by atoms with Gasteiger partial charge in [0.1, 0.15) is 17.5 Å². The van der Waals surface area contributed by atoms with Crippen LogP contribution in [0.3, 0.4) is 0 Å². The Kier molecular flexibility index (Phi) is 3.99. The summed E-state index contributed by atoms with van der Waals surface area (Å²) in [6, 6.07) is 10.8. The zero-order valence-electron chi connectivity index (χ0n) is 13.6. The Morgan fingerprint density at radius 2 is 1.82 bits per heavy atom. The molecule has 0 amide bonds. The first-order valence-electron chi connectivity index (χ1n) is 7.13. The number of nitrogens with zero attached hydrogens (tertiary/aromatic N) is 2. The van der Waals surface area contributed by atoms with Crippen molar-refractivity contribution in [2.45, 2.75) is 38.8 Å². The fourth-order valence-corrected chi connectivity index (χ4v) is 2.46. The number of benzene rings is 1. The Morgan fingerprint density at radius 1 is 1.23 bits per heavy atom. The van der Waals surface area contributed by atoms with Crippen molar-refractivity contribution in [2.75, 3.05) is 7.11 Å². The number of allylic oxidation sites excluding steroid dienone is 1. The topological polar surface area (TPSA) is 65.4 Å². The minimum absolute atomic E-state index is 0.0479. The highest BCUT2D eigenvalue weighted by molar-refractivity contribution is 6.11. The Morgan fingerprint density at radius 3 is 2.32 bits per heavy atom. The van der Waals surface area contributed by atoms with Crippen LogP contribution in [0.2, 0.25) is 0 Å². The SMILES string of the molecule is CON1/C(=C(\C#N)C(=O)c2ccccc2)NC(C)(C)C1(C)C. The van der Waals surface area contributed by atoms with Crippen LogP contribution in [-0.4, -0.2) is 29.0 Å². The van der Waals surface area contributed by atoms with Crippen LogP contribution < -0.4 is 5.32 Å². The van der Waals surface area contributed by atoms with E-state index in [1.165, 1.54) is 7.11 Å². The second-order valence-corrected chi connectivity index (χ2v) is 6.32. The van der Waals surface area contributed by atoms with Gasteiger partial charge in [-0.1, -0.05) is 30.3 Å². The molecule has 116 valence electrons. The van der Waals surface area contributed by atoms with Crippen molar-refractivity contribution in [3.05, 3.63) is 47.3 Å². The van der Waals surface area contributed by atoms with Gasteiger partial charge in [0.25, 0.3) is 0 Å². The summed E-state index contributed by atoms with van der Waals surface area (Å²) >= 11 is 0. The van der Waals surface area contributed by atoms with E-state index in [0.717, 1.165) is 0 Å². The van der Waals surface area contributed by atoms with Crippen molar-refractivity contribution in [3.8, 4) is 6.07 Å². The Labute approximate surface area is 131 Å². The van der Waals surface area contributed by atoms with Crippen molar-refractivity contribution in [1.29, 1.82) is 5.26 Å². The summed E-state index contributed by atoms with van der Waals surface area (Å²) in [5, 5.41) is 14.4. The summed E-state index contributed by atoms with van der Waals surface area (Å²) in [6.07, 6.45) is 0. The van der Waals surface area contributed by atoms with Gasteiger partial charge in [0, 0.05) is 5.56 Å². The molecular formula is C17H21N3O2. The molecule has 0 radical (unpaired) electrons. The number of carbonyl (C=O) groups excluding carboxylic acids is 1. The smallest absolute Gasteiger partial charge is 0.207 e. The summed E-state index contributed by atoms with van der Waals surface area (Å²) in [7, 11) is 1.53. The molecule has 1 aromatic carbocycles. The first-order chi connectivity index (χ1) is 10.3. The molecule has 0 spiro atoms. The van der Waals surface area contributed by atoms with Gasteiger partial charge in [0.15, 0.2) is 0 Å². The van der Waals surface area contributed by atoms with Crippen LogP contribution in [0, 0.1) is 11.3 Å². The normalized spacial score (nSPS) is 21.0. The average Bonchev–Trinajstić information content (AvgIpc) is 2.66. The fourth-order valence-electron chi connectivity index (χ4n) is 2.46. The minimum atomic E-state index is -0.420. The third kappa shape index (κ3) is 2.36. The zero-order valence-corrected chi connectivity index (χ0v) is 13.6. The standard InChI is InChI=1S/C17H21N3O2/c1-16(2)17(3,4)20(22-5)15(19-16)13(11-18)14(21)12-9-7-6-8-10-12/h6-10,19H,1-5H3/b15-13+. The van der Waals surface area contributed by atoms with Crippen LogP contribution in [0.5, 0.6) is 0 Å². The predicted octanol–water partition coefficient (Wildman–Crippen LogP) is 2.63. The maximum atomic E-state index is 12.6. The van der Waals surface area contributed by atoms with Gasteiger partial charge in [0.2, 0.25) is 5.78 Å². The molecule has 0 atom stereocenters. The van der Waals surface area contributed by atoms with Gasteiger partial charge in [-0.3, -0.25) is 9.63 Å². The number of hydrogen-bond donors (Lipinski definition) is 1. The Hall–Kier alpha value is -2.32. The first-order valence-corrected chi connectivity index (χ1v) is 7.13. The molecule has 2 rings (SSSR count). The van der Waals surface area contributed by atoms with Crippen molar-refractivity contribution < 1.29 is 9.63 Å². The molecule has 1 aliphatic heterocycles. The van der Waals surface area contributed by atoms with Crippen molar-refractivity contribution >= 4 is 5.78 Å². The number of nitrogens with one attached hydrogen (secondary N) is 1. The van der Waals surface area contributed by atoms with E-state index in [0.29, 0.717) is 11.4 Å². The van der Waals surface area contributed by atoms with Gasteiger partial charge < -0.3 is 5.32 Å². The Bertz CT molecular complexity index is 654. The minimum Gasteiger partial charge on any atom is -0.361 e. The molecule has 22 heavy (non-hydrogen) atoms. The van der Waals surface area contributed by atoms with Crippen LogP contribution in [0.4, 0.5) is 0 Å². The molecule has 0 saturated carbocycles. The molecule has 1 aromatic rings. The average molecular weight is 299 g/mol. The second-order valence-electron chi connectivity index (χ2n) is 6.32. The van der Waals surface area contributed by atoms with E-state index in [1.54, 1.807) is 29.3 Å². The first kappa shape index (κ1) is 16.1. The number of hydroxylamine groups is 2. The summed E-state index contributed by atoms with van der Waals surface area (Å²) in [5.41, 5.74) is -0.258. The number of nitriles is 1.